The number of rotatable bonds is 4. The Kier molecular flexibility index (Phi) is 3.93. The van der Waals surface area contributed by atoms with Crippen LogP contribution in [0.5, 0.6) is 0 Å². The number of carbonyl (C=O) groups excluding carboxylic acids is 1. The van der Waals surface area contributed by atoms with Crippen LogP contribution in [0.3, 0.4) is 0 Å². The highest BCUT2D eigenvalue weighted by Gasteiger charge is 2.42. The summed E-state index contributed by atoms with van der Waals surface area (Å²) in [5.74, 6) is 0.149. The van der Waals surface area contributed by atoms with Crippen molar-refractivity contribution in [2.75, 3.05) is 6.54 Å². The average molecular weight is 198 g/mol. The number of unbranched alkanes of at least 4 members (excludes halogenated alkanes) is 1. The maximum atomic E-state index is 11.9. The van der Waals surface area contributed by atoms with Gasteiger partial charge in [-0.15, -0.1) is 0 Å². The molecule has 0 aromatic carbocycles. The molecular weight excluding hydrogens is 176 g/mol. The monoisotopic (exact) mass is 198 g/mol. The van der Waals surface area contributed by atoms with E-state index in [0.29, 0.717) is 0 Å². The van der Waals surface area contributed by atoms with E-state index < -0.39 is 0 Å². The normalized spacial score (nSPS) is 31.8. The third-order valence-electron chi connectivity index (χ3n) is 3.36. The van der Waals surface area contributed by atoms with Gasteiger partial charge in [0.2, 0.25) is 5.91 Å². The van der Waals surface area contributed by atoms with Crippen LogP contribution in [0.1, 0.15) is 46.0 Å². The van der Waals surface area contributed by atoms with Gasteiger partial charge in [0, 0.05) is 12.6 Å². The van der Waals surface area contributed by atoms with Gasteiger partial charge in [-0.2, -0.15) is 0 Å². The lowest BCUT2D eigenvalue weighted by atomic mass is 9.84. The van der Waals surface area contributed by atoms with Crippen molar-refractivity contribution in [2.24, 2.45) is 11.1 Å². The molecular formula is C11H22N2O. The van der Waals surface area contributed by atoms with Crippen molar-refractivity contribution < 1.29 is 4.79 Å². The predicted octanol–water partition coefficient (Wildman–Crippen LogP) is 1.42. The molecule has 1 aliphatic rings. The number of hydrogen-bond donors (Lipinski definition) is 2. The van der Waals surface area contributed by atoms with Crippen molar-refractivity contribution in [3.05, 3.63) is 0 Å². The molecule has 0 aliphatic heterocycles. The standard InChI is InChI=1S/C11H22N2O/c1-3-4-8-13-10(14)11(2)7-5-6-9(11)12/h9H,3-8,12H2,1-2H3,(H,13,14). The van der Waals surface area contributed by atoms with E-state index in [1.54, 1.807) is 0 Å². The molecule has 0 radical (unpaired) electrons. The van der Waals surface area contributed by atoms with Crippen molar-refractivity contribution in [3.63, 3.8) is 0 Å². The Bertz CT molecular complexity index is 205. The van der Waals surface area contributed by atoms with E-state index in [2.05, 4.69) is 12.2 Å². The summed E-state index contributed by atoms with van der Waals surface area (Å²) < 4.78 is 0. The highest BCUT2D eigenvalue weighted by molar-refractivity contribution is 5.83. The molecule has 0 heterocycles. The van der Waals surface area contributed by atoms with Crippen LogP contribution < -0.4 is 11.1 Å². The molecule has 1 saturated carbocycles. The van der Waals surface area contributed by atoms with Crippen molar-refractivity contribution in [2.45, 2.75) is 52.0 Å². The minimum atomic E-state index is -0.312. The smallest absolute Gasteiger partial charge is 0.227 e. The minimum Gasteiger partial charge on any atom is -0.356 e. The van der Waals surface area contributed by atoms with Gasteiger partial charge in [-0.3, -0.25) is 4.79 Å². The van der Waals surface area contributed by atoms with E-state index in [4.69, 9.17) is 5.73 Å². The number of nitrogens with one attached hydrogen (secondary N) is 1. The minimum absolute atomic E-state index is 0.0455. The largest absolute Gasteiger partial charge is 0.356 e. The van der Waals surface area contributed by atoms with Gasteiger partial charge in [0.05, 0.1) is 5.41 Å². The molecule has 3 heteroatoms. The molecule has 0 aromatic heterocycles. The third-order valence-corrected chi connectivity index (χ3v) is 3.36. The third kappa shape index (κ3) is 2.27. The van der Waals surface area contributed by atoms with Crippen molar-refractivity contribution in [1.82, 2.24) is 5.32 Å². The molecule has 1 aliphatic carbocycles. The fourth-order valence-corrected chi connectivity index (χ4v) is 2.06. The summed E-state index contributed by atoms with van der Waals surface area (Å²) in [6, 6.07) is 0.0455. The van der Waals surface area contributed by atoms with Gasteiger partial charge >= 0.3 is 0 Å². The maximum absolute atomic E-state index is 11.9. The fraction of sp³-hybridized carbons (Fsp3) is 0.909. The first-order valence-electron chi connectivity index (χ1n) is 5.65. The van der Waals surface area contributed by atoms with Crippen LogP contribution in [0, 0.1) is 5.41 Å². The van der Waals surface area contributed by atoms with E-state index in [0.717, 1.165) is 38.6 Å². The number of hydrogen-bond acceptors (Lipinski definition) is 2. The van der Waals surface area contributed by atoms with E-state index in [9.17, 15) is 4.79 Å². The van der Waals surface area contributed by atoms with Gasteiger partial charge in [-0.05, 0) is 26.2 Å². The number of carbonyl (C=O) groups is 1. The lowest BCUT2D eigenvalue weighted by Gasteiger charge is -2.27. The molecule has 1 fully saturated rings. The van der Waals surface area contributed by atoms with Crippen LogP contribution in [-0.4, -0.2) is 18.5 Å². The van der Waals surface area contributed by atoms with E-state index >= 15 is 0 Å². The molecule has 2 unspecified atom stereocenters. The first-order valence-corrected chi connectivity index (χ1v) is 5.65. The molecule has 1 rings (SSSR count). The summed E-state index contributed by atoms with van der Waals surface area (Å²) in [7, 11) is 0. The summed E-state index contributed by atoms with van der Waals surface area (Å²) in [4.78, 5) is 11.9. The fourth-order valence-electron chi connectivity index (χ4n) is 2.06. The summed E-state index contributed by atoms with van der Waals surface area (Å²) >= 11 is 0. The van der Waals surface area contributed by atoms with E-state index in [-0.39, 0.29) is 17.4 Å². The molecule has 0 aromatic rings. The Balaban J connectivity index is 2.42. The van der Waals surface area contributed by atoms with Crippen LogP contribution >= 0.6 is 0 Å². The van der Waals surface area contributed by atoms with Gasteiger partial charge in [-0.1, -0.05) is 19.8 Å². The molecule has 82 valence electrons. The average Bonchev–Trinajstić information content (AvgIpc) is 2.49. The topological polar surface area (TPSA) is 55.1 Å². The van der Waals surface area contributed by atoms with Gasteiger partial charge < -0.3 is 11.1 Å². The maximum Gasteiger partial charge on any atom is 0.227 e. The highest BCUT2D eigenvalue weighted by Crippen LogP contribution is 2.36. The molecule has 0 spiro atoms. The predicted molar refractivity (Wildman–Crippen MR) is 57.9 cm³/mol. The van der Waals surface area contributed by atoms with Crippen LogP contribution in [0.25, 0.3) is 0 Å². The molecule has 3 N–H and O–H groups in total. The Hall–Kier alpha value is -0.570. The molecule has 0 bridgehead atoms. The van der Waals surface area contributed by atoms with Crippen molar-refractivity contribution >= 4 is 5.91 Å². The Morgan fingerprint density at radius 3 is 2.86 bits per heavy atom. The van der Waals surface area contributed by atoms with Crippen molar-refractivity contribution in [1.29, 1.82) is 0 Å². The van der Waals surface area contributed by atoms with Crippen LogP contribution in [0.4, 0.5) is 0 Å². The molecule has 0 saturated heterocycles. The molecule has 2 atom stereocenters. The second kappa shape index (κ2) is 4.78. The first-order chi connectivity index (χ1) is 6.61. The molecule has 3 nitrogen and oxygen atoms in total. The van der Waals surface area contributed by atoms with Gasteiger partial charge in [0.15, 0.2) is 0 Å². The lowest BCUT2D eigenvalue weighted by Crippen LogP contribution is -2.47. The second-order valence-electron chi connectivity index (χ2n) is 4.53. The van der Waals surface area contributed by atoms with Crippen LogP contribution in [0.2, 0.25) is 0 Å². The van der Waals surface area contributed by atoms with Crippen molar-refractivity contribution in [3.8, 4) is 0 Å². The van der Waals surface area contributed by atoms with Crippen LogP contribution in [0.15, 0.2) is 0 Å². The van der Waals surface area contributed by atoms with Gasteiger partial charge in [-0.25, -0.2) is 0 Å². The zero-order valence-electron chi connectivity index (χ0n) is 9.31. The molecule has 1 amide bonds. The Labute approximate surface area is 86.4 Å². The molecule has 14 heavy (non-hydrogen) atoms. The van der Waals surface area contributed by atoms with Crippen LogP contribution in [-0.2, 0) is 4.79 Å². The number of amides is 1. The summed E-state index contributed by atoms with van der Waals surface area (Å²) in [6.45, 7) is 4.90. The van der Waals surface area contributed by atoms with E-state index in [1.807, 2.05) is 6.92 Å². The second-order valence-corrected chi connectivity index (χ2v) is 4.53. The zero-order valence-corrected chi connectivity index (χ0v) is 9.31. The SMILES string of the molecule is CCCCNC(=O)C1(C)CCCC1N. The summed E-state index contributed by atoms with van der Waals surface area (Å²) in [5.41, 5.74) is 5.65. The van der Waals surface area contributed by atoms with Gasteiger partial charge in [0.1, 0.15) is 0 Å². The Morgan fingerprint density at radius 2 is 2.36 bits per heavy atom. The Morgan fingerprint density at radius 1 is 1.64 bits per heavy atom. The number of nitrogens with two attached hydrogens (primary N) is 1. The van der Waals surface area contributed by atoms with E-state index in [1.165, 1.54) is 0 Å². The quantitative estimate of drug-likeness (QED) is 0.671. The highest BCUT2D eigenvalue weighted by atomic mass is 16.2. The summed E-state index contributed by atoms with van der Waals surface area (Å²) in [5, 5.41) is 2.98. The summed E-state index contributed by atoms with van der Waals surface area (Å²) in [6.07, 6.45) is 5.17. The lowest BCUT2D eigenvalue weighted by molar-refractivity contribution is -0.130. The zero-order chi connectivity index (χ0) is 10.6. The first kappa shape index (κ1) is 11.5. The van der Waals surface area contributed by atoms with Gasteiger partial charge in [0.25, 0.3) is 0 Å².